The minimum Gasteiger partial charge on any atom is -0.0619 e. The molecule has 0 aliphatic heterocycles. The average Bonchev–Trinajstić information content (AvgIpc) is 3.35. The maximum Gasteiger partial charge on any atom is 0.0159 e. The summed E-state index contributed by atoms with van der Waals surface area (Å²) in [6.07, 6.45) is 0. The van der Waals surface area contributed by atoms with E-state index in [1.807, 2.05) is 0 Å². The molecular formula is C47H32. The molecule has 0 heteroatoms. The maximum absolute atomic E-state index is 2.47. The number of rotatable bonds is 2. The Balaban J connectivity index is 1.05. The third-order valence-corrected chi connectivity index (χ3v) is 10.8. The highest BCUT2D eigenvalue weighted by Gasteiger charge is 2.35. The normalized spacial score (nSPS) is 13.5. The average molecular weight is 597 g/mol. The molecule has 0 unspecified atom stereocenters. The lowest BCUT2D eigenvalue weighted by molar-refractivity contribution is 0.661. The fourth-order valence-corrected chi connectivity index (χ4v) is 8.23. The lowest BCUT2D eigenvalue weighted by Crippen LogP contribution is -2.14. The van der Waals surface area contributed by atoms with Gasteiger partial charge in [0.2, 0.25) is 0 Å². The maximum atomic E-state index is 2.47. The van der Waals surface area contributed by atoms with Gasteiger partial charge in [0.05, 0.1) is 0 Å². The quantitative estimate of drug-likeness (QED) is 0.174. The third kappa shape index (κ3) is 3.95. The highest BCUT2D eigenvalue weighted by molar-refractivity contribution is 6.11. The molecule has 0 heterocycles. The van der Waals surface area contributed by atoms with Gasteiger partial charge >= 0.3 is 0 Å². The van der Waals surface area contributed by atoms with Crippen molar-refractivity contribution < 1.29 is 0 Å². The van der Waals surface area contributed by atoms with Crippen molar-refractivity contribution in [3.63, 3.8) is 0 Å². The summed E-state index contributed by atoms with van der Waals surface area (Å²) in [6.45, 7) is 4.73. The second-order valence-electron chi connectivity index (χ2n) is 13.8. The van der Waals surface area contributed by atoms with Gasteiger partial charge in [-0.05, 0) is 135 Å². The first-order chi connectivity index (χ1) is 23.0. The molecule has 0 radical (unpaired) electrons. The molecule has 9 aromatic rings. The van der Waals surface area contributed by atoms with Crippen molar-refractivity contribution in [2.45, 2.75) is 19.3 Å². The van der Waals surface area contributed by atoms with Crippen molar-refractivity contribution in [1.29, 1.82) is 0 Å². The Labute approximate surface area is 274 Å². The Morgan fingerprint density at radius 2 is 0.787 bits per heavy atom. The van der Waals surface area contributed by atoms with Crippen LogP contribution in [0.1, 0.15) is 25.0 Å². The van der Waals surface area contributed by atoms with Gasteiger partial charge in [0.15, 0.2) is 0 Å². The predicted molar refractivity (Wildman–Crippen MR) is 202 cm³/mol. The molecule has 0 aromatic heterocycles. The molecule has 0 fully saturated rings. The van der Waals surface area contributed by atoms with Crippen LogP contribution in [0.25, 0.3) is 87.2 Å². The van der Waals surface area contributed by atoms with Gasteiger partial charge in [-0.1, -0.05) is 135 Å². The molecular weight excluding hydrogens is 565 g/mol. The lowest BCUT2D eigenvalue weighted by Gasteiger charge is -2.22. The van der Waals surface area contributed by atoms with Crippen molar-refractivity contribution in [2.75, 3.05) is 0 Å². The van der Waals surface area contributed by atoms with E-state index < -0.39 is 0 Å². The smallest absolute Gasteiger partial charge is 0.0159 e. The van der Waals surface area contributed by atoms with Gasteiger partial charge in [0, 0.05) is 5.41 Å². The summed E-state index contributed by atoms with van der Waals surface area (Å²) >= 11 is 0. The minimum absolute atomic E-state index is 0.0156. The van der Waals surface area contributed by atoms with Crippen molar-refractivity contribution in [3.05, 3.63) is 169 Å². The summed E-state index contributed by atoms with van der Waals surface area (Å²) in [7, 11) is 0. The second-order valence-corrected chi connectivity index (χ2v) is 13.8. The van der Waals surface area contributed by atoms with Gasteiger partial charge in [-0.2, -0.15) is 0 Å². The Bertz CT molecular complexity index is 2760. The van der Waals surface area contributed by atoms with Gasteiger partial charge < -0.3 is 0 Å². The molecule has 10 rings (SSSR count). The van der Waals surface area contributed by atoms with Crippen LogP contribution < -0.4 is 0 Å². The first kappa shape index (κ1) is 26.5. The van der Waals surface area contributed by atoms with E-state index >= 15 is 0 Å². The molecule has 0 saturated carbocycles. The molecule has 220 valence electrons. The largest absolute Gasteiger partial charge is 0.0619 e. The zero-order chi connectivity index (χ0) is 31.3. The third-order valence-electron chi connectivity index (χ3n) is 10.8. The van der Waals surface area contributed by atoms with E-state index in [-0.39, 0.29) is 5.41 Å². The van der Waals surface area contributed by atoms with Gasteiger partial charge in [-0.15, -0.1) is 0 Å². The van der Waals surface area contributed by atoms with Crippen molar-refractivity contribution in [3.8, 4) is 33.4 Å². The van der Waals surface area contributed by atoms with Crippen LogP contribution in [-0.2, 0) is 5.41 Å². The van der Waals surface area contributed by atoms with Crippen molar-refractivity contribution in [1.82, 2.24) is 0 Å². The molecule has 0 spiro atoms. The van der Waals surface area contributed by atoms with E-state index in [9.17, 15) is 0 Å². The van der Waals surface area contributed by atoms with Gasteiger partial charge in [0.25, 0.3) is 0 Å². The zero-order valence-corrected chi connectivity index (χ0v) is 26.5. The Kier molecular flexibility index (Phi) is 5.44. The summed E-state index contributed by atoms with van der Waals surface area (Å²) in [6, 6.07) is 59.0. The topological polar surface area (TPSA) is 0 Å². The molecule has 1 aliphatic carbocycles. The zero-order valence-electron chi connectivity index (χ0n) is 26.5. The Hall–Kier alpha value is -5.72. The van der Waals surface area contributed by atoms with E-state index in [4.69, 9.17) is 0 Å². The van der Waals surface area contributed by atoms with Crippen LogP contribution in [0.3, 0.4) is 0 Å². The number of hydrogen-bond acceptors (Lipinski definition) is 0. The fraction of sp³-hybridized carbons (Fsp3) is 0.0638. The van der Waals surface area contributed by atoms with Gasteiger partial charge in [-0.3, -0.25) is 0 Å². The minimum atomic E-state index is -0.0156. The summed E-state index contributed by atoms with van der Waals surface area (Å²) in [5.74, 6) is 0. The van der Waals surface area contributed by atoms with Crippen LogP contribution >= 0.6 is 0 Å². The number of hydrogen-bond donors (Lipinski definition) is 0. The Morgan fingerprint density at radius 1 is 0.298 bits per heavy atom. The molecule has 47 heavy (non-hydrogen) atoms. The molecule has 1 aliphatic rings. The first-order valence-electron chi connectivity index (χ1n) is 16.6. The van der Waals surface area contributed by atoms with Crippen LogP contribution in [0.5, 0.6) is 0 Å². The molecule has 0 nitrogen and oxygen atoms in total. The molecule has 0 atom stereocenters. The fourth-order valence-electron chi connectivity index (χ4n) is 8.23. The molecule has 0 N–H and O–H groups in total. The van der Waals surface area contributed by atoms with Crippen molar-refractivity contribution in [2.24, 2.45) is 0 Å². The summed E-state index contributed by atoms with van der Waals surface area (Å²) in [5.41, 5.74) is 10.6. The van der Waals surface area contributed by atoms with E-state index in [1.165, 1.54) is 98.4 Å². The number of benzene rings is 9. The Morgan fingerprint density at radius 3 is 1.55 bits per heavy atom. The summed E-state index contributed by atoms with van der Waals surface area (Å²) in [5, 5.41) is 12.9. The second kappa shape index (κ2) is 9.64. The SMILES string of the molecule is CC1(C)c2ccccc2-c2cc3ccc4ccc(-c5ccc6cc(-c7ccc8c(ccc9ccccc98)c7)ccc6c5)cc4c3cc21. The molecule has 0 bridgehead atoms. The van der Waals surface area contributed by atoms with Crippen LogP contribution in [-0.4, -0.2) is 0 Å². The van der Waals surface area contributed by atoms with Crippen LogP contribution in [0.15, 0.2) is 158 Å². The predicted octanol–water partition coefficient (Wildman–Crippen LogP) is 13.1. The summed E-state index contributed by atoms with van der Waals surface area (Å²) < 4.78 is 0. The van der Waals surface area contributed by atoms with Gasteiger partial charge in [0.1, 0.15) is 0 Å². The van der Waals surface area contributed by atoms with Crippen LogP contribution in [0.2, 0.25) is 0 Å². The van der Waals surface area contributed by atoms with E-state index in [2.05, 4.69) is 172 Å². The first-order valence-corrected chi connectivity index (χ1v) is 16.6. The molecule has 9 aromatic carbocycles. The summed E-state index contributed by atoms with van der Waals surface area (Å²) in [4.78, 5) is 0. The standard InChI is InChI=1S/C47H32/c1-47(2)45-10-6-5-9-41(45)44-27-38-20-13-30-11-14-36(26-42(30)43(38)28-46(44)47)34-18-17-31-23-33(16-15-32(31)24-34)35-21-22-40-37(25-35)19-12-29-7-3-4-8-39(29)40/h3-28H,1-2H3. The van der Waals surface area contributed by atoms with Gasteiger partial charge in [-0.25, -0.2) is 0 Å². The van der Waals surface area contributed by atoms with Crippen LogP contribution in [0, 0.1) is 0 Å². The molecule has 0 amide bonds. The monoisotopic (exact) mass is 596 g/mol. The highest BCUT2D eigenvalue weighted by atomic mass is 14.4. The van der Waals surface area contributed by atoms with E-state index in [0.29, 0.717) is 0 Å². The van der Waals surface area contributed by atoms with E-state index in [1.54, 1.807) is 0 Å². The van der Waals surface area contributed by atoms with Crippen LogP contribution in [0.4, 0.5) is 0 Å². The number of fused-ring (bicyclic) bond motifs is 10. The van der Waals surface area contributed by atoms with E-state index in [0.717, 1.165) is 0 Å². The highest BCUT2D eigenvalue weighted by Crippen LogP contribution is 2.50. The lowest BCUT2D eigenvalue weighted by atomic mass is 9.81. The van der Waals surface area contributed by atoms with Crippen molar-refractivity contribution >= 4 is 53.9 Å². The molecule has 0 saturated heterocycles.